The Hall–Kier alpha value is -2.84. The van der Waals surface area contributed by atoms with Crippen LogP contribution < -0.4 is 0 Å². The predicted molar refractivity (Wildman–Crippen MR) is 110 cm³/mol. The molecule has 29 heavy (non-hydrogen) atoms. The van der Waals surface area contributed by atoms with Crippen molar-refractivity contribution in [2.45, 2.75) is 30.6 Å². The Kier molecular flexibility index (Phi) is 6.56. The number of para-hydroxylation sites is 1. The zero-order valence-corrected chi connectivity index (χ0v) is 16.7. The van der Waals surface area contributed by atoms with Crippen molar-refractivity contribution < 1.29 is 18.1 Å². The summed E-state index contributed by atoms with van der Waals surface area (Å²) in [4.78, 5) is 23.1. The van der Waals surface area contributed by atoms with Crippen LogP contribution in [0.1, 0.15) is 41.6 Å². The molecule has 0 amide bonds. The maximum atomic E-state index is 12.8. The molecule has 2 aromatic carbocycles. The molecule has 1 aliphatic rings. The number of rotatable bonds is 6. The van der Waals surface area contributed by atoms with E-state index < -0.39 is 14.9 Å². The molecule has 1 heterocycles. The summed E-state index contributed by atoms with van der Waals surface area (Å²) >= 11 is 0. The second kappa shape index (κ2) is 9.11. The first-order valence-corrected chi connectivity index (χ1v) is 10.9. The largest absolute Gasteiger partial charge is 0.289 e. The van der Waals surface area contributed by atoms with E-state index in [-0.39, 0.29) is 16.4 Å². The standard InChI is InChI=1S/C21H22N2O5S/c24-21(14-11-17-7-3-4-8-20(17)23(25)26)18-9-12-19(13-10-18)29(27,28)22-15-5-1-2-6-16-22/h3-4,7-14H,1-2,5-6,15-16H2. The van der Waals surface area contributed by atoms with E-state index in [1.807, 2.05) is 0 Å². The molecule has 0 saturated carbocycles. The average Bonchev–Trinajstić information content (AvgIpc) is 3.02. The number of benzene rings is 2. The van der Waals surface area contributed by atoms with Crippen LogP contribution >= 0.6 is 0 Å². The lowest BCUT2D eigenvalue weighted by Gasteiger charge is -2.19. The summed E-state index contributed by atoms with van der Waals surface area (Å²) in [5, 5.41) is 11.0. The SMILES string of the molecule is O=C(C=Cc1ccccc1[N+](=O)[O-])c1ccc(S(=O)(=O)N2CCCCCC2)cc1. The first-order valence-electron chi connectivity index (χ1n) is 9.45. The molecule has 0 unspecified atom stereocenters. The number of hydrogen-bond donors (Lipinski definition) is 0. The fourth-order valence-corrected chi connectivity index (χ4v) is 4.80. The number of sulfonamides is 1. The van der Waals surface area contributed by atoms with Crippen LogP contribution in [0.5, 0.6) is 0 Å². The first kappa shape index (κ1) is 20.9. The Bertz CT molecular complexity index is 1020. The Morgan fingerprint density at radius 2 is 1.59 bits per heavy atom. The van der Waals surface area contributed by atoms with E-state index in [0.717, 1.165) is 25.7 Å². The Morgan fingerprint density at radius 3 is 2.21 bits per heavy atom. The molecule has 2 aromatic rings. The van der Waals surface area contributed by atoms with E-state index in [1.165, 1.54) is 46.8 Å². The summed E-state index contributed by atoms with van der Waals surface area (Å²) in [5.41, 5.74) is 0.552. The predicted octanol–water partition coefficient (Wildman–Crippen LogP) is 4.06. The minimum atomic E-state index is -3.57. The van der Waals surface area contributed by atoms with Gasteiger partial charge in [0.15, 0.2) is 5.78 Å². The van der Waals surface area contributed by atoms with E-state index in [4.69, 9.17) is 0 Å². The summed E-state index contributed by atoms with van der Waals surface area (Å²) < 4.78 is 27.1. The Morgan fingerprint density at radius 1 is 0.966 bits per heavy atom. The average molecular weight is 414 g/mol. The van der Waals surface area contributed by atoms with Gasteiger partial charge in [0.1, 0.15) is 0 Å². The van der Waals surface area contributed by atoms with Gasteiger partial charge in [-0.2, -0.15) is 4.31 Å². The van der Waals surface area contributed by atoms with Crippen molar-refractivity contribution in [1.29, 1.82) is 0 Å². The number of allylic oxidation sites excluding steroid dienone is 1. The maximum Gasteiger partial charge on any atom is 0.276 e. The number of carbonyl (C=O) groups is 1. The molecule has 8 heteroatoms. The van der Waals surface area contributed by atoms with Crippen molar-refractivity contribution >= 4 is 27.6 Å². The molecule has 1 aliphatic heterocycles. The van der Waals surface area contributed by atoms with Crippen LogP contribution in [0.2, 0.25) is 0 Å². The highest BCUT2D eigenvalue weighted by Crippen LogP contribution is 2.22. The van der Waals surface area contributed by atoms with Crippen LogP contribution in [0.15, 0.2) is 59.5 Å². The fraction of sp³-hybridized carbons (Fsp3) is 0.286. The third-order valence-electron chi connectivity index (χ3n) is 4.89. The normalized spacial score (nSPS) is 15.9. The van der Waals surface area contributed by atoms with Crippen molar-refractivity contribution in [3.8, 4) is 0 Å². The Labute approximate surface area is 169 Å². The van der Waals surface area contributed by atoms with Gasteiger partial charge in [0, 0.05) is 24.7 Å². The molecule has 1 fully saturated rings. The van der Waals surface area contributed by atoms with Crippen molar-refractivity contribution in [2.75, 3.05) is 13.1 Å². The molecule has 0 N–H and O–H groups in total. The number of carbonyl (C=O) groups excluding carboxylic acids is 1. The van der Waals surface area contributed by atoms with E-state index in [9.17, 15) is 23.3 Å². The quantitative estimate of drug-likeness (QED) is 0.307. The smallest absolute Gasteiger partial charge is 0.276 e. The van der Waals surface area contributed by atoms with Crippen LogP contribution in [-0.4, -0.2) is 36.5 Å². The van der Waals surface area contributed by atoms with Crippen LogP contribution in [-0.2, 0) is 10.0 Å². The second-order valence-corrected chi connectivity index (χ2v) is 8.79. The molecule has 0 radical (unpaired) electrons. The van der Waals surface area contributed by atoms with Gasteiger partial charge in [-0.05, 0) is 55.3 Å². The van der Waals surface area contributed by atoms with E-state index in [2.05, 4.69) is 0 Å². The second-order valence-electron chi connectivity index (χ2n) is 6.86. The molecule has 0 aromatic heterocycles. The summed E-state index contributed by atoms with van der Waals surface area (Å²) in [5.74, 6) is -0.359. The molecule has 7 nitrogen and oxygen atoms in total. The number of hydrogen-bond acceptors (Lipinski definition) is 5. The summed E-state index contributed by atoms with van der Waals surface area (Å²) in [6.45, 7) is 1.03. The molecule has 152 valence electrons. The van der Waals surface area contributed by atoms with E-state index in [0.29, 0.717) is 24.2 Å². The monoisotopic (exact) mass is 414 g/mol. The molecule has 0 spiro atoms. The molecule has 0 atom stereocenters. The highest BCUT2D eigenvalue weighted by atomic mass is 32.2. The lowest BCUT2D eigenvalue weighted by Crippen LogP contribution is -2.31. The third kappa shape index (κ3) is 4.96. The summed E-state index contributed by atoms with van der Waals surface area (Å²) in [7, 11) is -3.57. The van der Waals surface area contributed by atoms with Crippen LogP contribution in [0.4, 0.5) is 5.69 Å². The van der Waals surface area contributed by atoms with E-state index in [1.54, 1.807) is 18.2 Å². The van der Waals surface area contributed by atoms with Crippen LogP contribution in [0, 0.1) is 10.1 Å². The van der Waals surface area contributed by atoms with Crippen molar-refractivity contribution in [1.82, 2.24) is 4.31 Å². The number of ketones is 1. The highest BCUT2D eigenvalue weighted by Gasteiger charge is 2.25. The van der Waals surface area contributed by atoms with Gasteiger partial charge in [-0.3, -0.25) is 14.9 Å². The lowest BCUT2D eigenvalue weighted by molar-refractivity contribution is -0.385. The van der Waals surface area contributed by atoms with Crippen molar-refractivity contribution in [2.24, 2.45) is 0 Å². The first-order chi connectivity index (χ1) is 13.9. The topological polar surface area (TPSA) is 97.6 Å². The van der Waals surface area contributed by atoms with Gasteiger partial charge in [-0.1, -0.05) is 25.0 Å². The van der Waals surface area contributed by atoms with Crippen molar-refractivity contribution in [3.63, 3.8) is 0 Å². The molecular weight excluding hydrogens is 392 g/mol. The van der Waals surface area contributed by atoms with Crippen molar-refractivity contribution in [3.05, 3.63) is 75.8 Å². The van der Waals surface area contributed by atoms with E-state index >= 15 is 0 Å². The lowest BCUT2D eigenvalue weighted by atomic mass is 10.1. The summed E-state index contributed by atoms with van der Waals surface area (Å²) in [6, 6.07) is 11.9. The minimum absolute atomic E-state index is 0.0876. The third-order valence-corrected chi connectivity index (χ3v) is 6.80. The number of nitro groups is 1. The van der Waals surface area contributed by atoms with Crippen LogP contribution in [0.3, 0.4) is 0 Å². The molecule has 0 aliphatic carbocycles. The van der Waals surface area contributed by atoms with Gasteiger partial charge in [0.25, 0.3) is 5.69 Å². The van der Waals surface area contributed by atoms with Crippen LogP contribution in [0.25, 0.3) is 6.08 Å². The van der Waals surface area contributed by atoms with Gasteiger partial charge in [-0.25, -0.2) is 8.42 Å². The molecule has 0 bridgehead atoms. The van der Waals surface area contributed by atoms with Gasteiger partial charge >= 0.3 is 0 Å². The summed E-state index contributed by atoms with van der Waals surface area (Å²) in [6.07, 6.45) is 6.41. The molecule has 3 rings (SSSR count). The fourth-order valence-electron chi connectivity index (χ4n) is 3.28. The zero-order valence-electron chi connectivity index (χ0n) is 15.9. The highest BCUT2D eigenvalue weighted by molar-refractivity contribution is 7.89. The number of nitro benzene ring substituents is 1. The minimum Gasteiger partial charge on any atom is -0.289 e. The van der Waals surface area contributed by atoms with Gasteiger partial charge < -0.3 is 0 Å². The molecule has 1 saturated heterocycles. The zero-order chi connectivity index (χ0) is 20.9. The van der Waals surface area contributed by atoms with Gasteiger partial charge in [0.2, 0.25) is 10.0 Å². The Balaban J connectivity index is 1.76. The maximum absolute atomic E-state index is 12.8. The molecular formula is C21H22N2O5S. The van der Waals surface area contributed by atoms with Gasteiger partial charge in [-0.15, -0.1) is 0 Å². The van der Waals surface area contributed by atoms with Gasteiger partial charge in [0.05, 0.1) is 15.4 Å². The number of nitrogens with zero attached hydrogens (tertiary/aromatic N) is 2.